The highest BCUT2D eigenvalue weighted by Gasteiger charge is 2.33. The number of aromatic nitrogens is 2. The Morgan fingerprint density at radius 2 is 2.00 bits per heavy atom. The summed E-state index contributed by atoms with van der Waals surface area (Å²) in [6.07, 6.45) is 2.29. The van der Waals surface area contributed by atoms with Crippen molar-refractivity contribution in [3.8, 4) is 0 Å². The van der Waals surface area contributed by atoms with Gasteiger partial charge in [-0.3, -0.25) is 0 Å². The summed E-state index contributed by atoms with van der Waals surface area (Å²) in [7, 11) is 0. The molecule has 0 saturated heterocycles. The number of carboxylic acids is 1. The van der Waals surface area contributed by atoms with Crippen molar-refractivity contribution in [3.05, 3.63) is 29.6 Å². The summed E-state index contributed by atoms with van der Waals surface area (Å²) < 4.78 is 2.28. The molecule has 0 spiro atoms. The van der Waals surface area contributed by atoms with Crippen LogP contribution >= 0.6 is 0 Å². The normalized spacial score (nSPS) is 22.3. The average Bonchev–Trinajstić information content (AvgIpc) is 2.72. The third-order valence-corrected chi connectivity index (χ3v) is 4.32. The molecular formula is C17H22N2O2. The zero-order valence-electron chi connectivity index (χ0n) is 13.1. The van der Waals surface area contributed by atoms with Gasteiger partial charge in [0.05, 0.1) is 16.6 Å². The van der Waals surface area contributed by atoms with Gasteiger partial charge in [0.1, 0.15) is 5.82 Å². The standard InChI is InChI=1S/C17H22N2O2/c1-10-7-12(8-10)19-14-9-11(15(20)21)5-6-13(14)18-16(19)17(2,3)4/h5-6,9-10,12H,7-8H2,1-4H3,(H,20,21). The average molecular weight is 286 g/mol. The molecule has 0 unspecified atom stereocenters. The van der Waals surface area contributed by atoms with Crippen LogP contribution in [0.4, 0.5) is 0 Å². The van der Waals surface area contributed by atoms with Crippen LogP contribution in [-0.4, -0.2) is 20.6 Å². The molecule has 1 fully saturated rings. The molecule has 0 bridgehead atoms. The van der Waals surface area contributed by atoms with Gasteiger partial charge in [0.15, 0.2) is 0 Å². The number of carboxylic acid groups (broad SMARTS) is 1. The first-order valence-corrected chi connectivity index (χ1v) is 7.53. The molecule has 112 valence electrons. The lowest BCUT2D eigenvalue weighted by Crippen LogP contribution is -2.29. The van der Waals surface area contributed by atoms with Gasteiger partial charge in [0, 0.05) is 11.5 Å². The van der Waals surface area contributed by atoms with Crippen LogP contribution in [-0.2, 0) is 5.41 Å². The van der Waals surface area contributed by atoms with Gasteiger partial charge >= 0.3 is 5.97 Å². The van der Waals surface area contributed by atoms with Crippen LogP contribution in [0.1, 0.15) is 62.8 Å². The van der Waals surface area contributed by atoms with Gasteiger partial charge in [-0.05, 0) is 37.0 Å². The molecule has 0 atom stereocenters. The van der Waals surface area contributed by atoms with Gasteiger partial charge in [-0.25, -0.2) is 9.78 Å². The molecule has 2 aromatic rings. The number of aromatic carboxylic acids is 1. The number of carbonyl (C=O) groups is 1. The van der Waals surface area contributed by atoms with E-state index in [-0.39, 0.29) is 5.41 Å². The fraction of sp³-hybridized carbons (Fsp3) is 0.529. The lowest BCUT2D eigenvalue weighted by Gasteiger charge is -2.37. The molecule has 1 heterocycles. The largest absolute Gasteiger partial charge is 0.478 e. The van der Waals surface area contributed by atoms with Crippen LogP contribution in [0, 0.1) is 5.92 Å². The lowest BCUT2D eigenvalue weighted by molar-refractivity contribution is 0.0697. The van der Waals surface area contributed by atoms with Crippen molar-refractivity contribution in [1.29, 1.82) is 0 Å². The van der Waals surface area contributed by atoms with Gasteiger partial charge in [-0.15, -0.1) is 0 Å². The molecule has 21 heavy (non-hydrogen) atoms. The van der Waals surface area contributed by atoms with Gasteiger partial charge in [0.2, 0.25) is 0 Å². The number of rotatable bonds is 2. The minimum Gasteiger partial charge on any atom is -0.478 e. The van der Waals surface area contributed by atoms with Crippen LogP contribution in [0.5, 0.6) is 0 Å². The highest BCUT2D eigenvalue weighted by atomic mass is 16.4. The van der Waals surface area contributed by atoms with Crippen molar-refractivity contribution >= 4 is 17.0 Å². The van der Waals surface area contributed by atoms with E-state index >= 15 is 0 Å². The molecule has 1 aliphatic rings. The van der Waals surface area contributed by atoms with Crippen molar-refractivity contribution in [3.63, 3.8) is 0 Å². The fourth-order valence-corrected chi connectivity index (χ4v) is 3.20. The monoisotopic (exact) mass is 286 g/mol. The first kappa shape index (κ1) is 14.1. The van der Waals surface area contributed by atoms with E-state index in [0.29, 0.717) is 11.6 Å². The highest BCUT2D eigenvalue weighted by Crippen LogP contribution is 2.42. The Labute approximate surface area is 124 Å². The van der Waals surface area contributed by atoms with E-state index in [0.717, 1.165) is 35.6 Å². The van der Waals surface area contributed by atoms with E-state index in [1.807, 2.05) is 6.07 Å². The molecule has 0 amide bonds. The van der Waals surface area contributed by atoms with Crippen molar-refractivity contribution in [1.82, 2.24) is 9.55 Å². The van der Waals surface area contributed by atoms with Crippen LogP contribution in [0.25, 0.3) is 11.0 Å². The number of benzene rings is 1. The maximum atomic E-state index is 11.2. The quantitative estimate of drug-likeness (QED) is 0.907. The Bertz CT molecular complexity index is 703. The van der Waals surface area contributed by atoms with Crippen molar-refractivity contribution < 1.29 is 9.90 Å². The van der Waals surface area contributed by atoms with E-state index in [2.05, 4.69) is 32.3 Å². The summed E-state index contributed by atoms with van der Waals surface area (Å²) >= 11 is 0. The predicted molar refractivity (Wildman–Crippen MR) is 82.8 cm³/mol. The molecule has 1 aromatic heterocycles. The summed E-state index contributed by atoms with van der Waals surface area (Å²) in [6.45, 7) is 8.73. The van der Waals surface area contributed by atoms with Gasteiger partial charge < -0.3 is 9.67 Å². The minimum atomic E-state index is -0.885. The summed E-state index contributed by atoms with van der Waals surface area (Å²) in [6, 6.07) is 5.68. The van der Waals surface area contributed by atoms with Crippen molar-refractivity contribution in [2.24, 2.45) is 5.92 Å². The number of imidazole rings is 1. The molecule has 1 saturated carbocycles. The number of nitrogens with zero attached hydrogens (tertiary/aromatic N) is 2. The fourth-order valence-electron chi connectivity index (χ4n) is 3.20. The van der Waals surface area contributed by atoms with Crippen molar-refractivity contribution in [2.45, 2.75) is 52.0 Å². The van der Waals surface area contributed by atoms with E-state index < -0.39 is 5.97 Å². The Morgan fingerprint density at radius 1 is 1.33 bits per heavy atom. The SMILES string of the molecule is CC1CC(n2c(C(C)(C)C)nc3ccc(C(=O)O)cc32)C1. The first-order valence-electron chi connectivity index (χ1n) is 7.53. The van der Waals surface area contributed by atoms with E-state index in [4.69, 9.17) is 4.98 Å². The Hall–Kier alpha value is -1.84. The van der Waals surface area contributed by atoms with E-state index in [9.17, 15) is 9.90 Å². The molecular weight excluding hydrogens is 264 g/mol. The number of fused-ring (bicyclic) bond motifs is 1. The number of hydrogen-bond acceptors (Lipinski definition) is 2. The molecule has 0 aliphatic heterocycles. The van der Waals surface area contributed by atoms with Crippen molar-refractivity contribution in [2.75, 3.05) is 0 Å². The Balaban J connectivity index is 2.22. The Kier molecular flexibility index (Phi) is 3.08. The second kappa shape index (κ2) is 4.58. The molecule has 1 aromatic carbocycles. The third kappa shape index (κ3) is 2.33. The van der Waals surface area contributed by atoms with Crippen LogP contribution in [0.15, 0.2) is 18.2 Å². The Morgan fingerprint density at radius 3 is 2.52 bits per heavy atom. The highest BCUT2D eigenvalue weighted by molar-refractivity contribution is 5.92. The molecule has 4 nitrogen and oxygen atoms in total. The number of hydrogen-bond donors (Lipinski definition) is 1. The zero-order valence-corrected chi connectivity index (χ0v) is 13.1. The summed E-state index contributed by atoms with van der Waals surface area (Å²) in [5, 5.41) is 9.22. The molecule has 0 radical (unpaired) electrons. The molecule has 1 aliphatic carbocycles. The predicted octanol–water partition coefficient (Wildman–Crippen LogP) is 4.00. The molecule has 3 rings (SSSR count). The molecule has 4 heteroatoms. The van der Waals surface area contributed by atoms with Crippen LogP contribution in [0.2, 0.25) is 0 Å². The topological polar surface area (TPSA) is 55.1 Å². The lowest BCUT2D eigenvalue weighted by atomic mass is 9.81. The summed E-state index contributed by atoms with van der Waals surface area (Å²) in [5.74, 6) is 0.906. The van der Waals surface area contributed by atoms with Crippen LogP contribution < -0.4 is 0 Å². The smallest absolute Gasteiger partial charge is 0.335 e. The van der Waals surface area contributed by atoms with E-state index in [1.54, 1.807) is 12.1 Å². The van der Waals surface area contributed by atoms with Gasteiger partial charge in [-0.1, -0.05) is 27.7 Å². The van der Waals surface area contributed by atoms with E-state index in [1.165, 1.54) is 0 Å². The zero-order chi connectivity index (χ0) is 15.4. The first-order chi connectivity index (χ1) is 9.77. The summed E-state index contributed by atoms with van der Waals surface area (Å²) in [4.78, 5) is 16.0. The summed E-state index contributed by atoms with van der Waals surface area (Å²) in [5.41, 5.74) is 2.12. The van der Waals surface area contributed by atoms with Gasteiger partial charge in [0.25, 0.3) is 0 Å². The maximum absolute atomic E-state index is 11.2. The second-order valence-corrected chi connectivity index (χ2v) is 7.29. The minimum absolute atomic E-state index is 0.0543. The molecule has 1 N–H and O–H groups in total. The third-order valence-electron chi connectivity index (χ3n) is 4.32. The second-order valence-electron chi connectivity index (χ2n) is 7.29. The van der Waals surface area contributed by atoms with Gasteiger partial charge in [-0.2, -0.15) is 0 Å². The maximum Gasteiger partial charge on any atom is 0.335 e. The van der Waals surface area contributed by atoms with Crippen LogP contribution in [0.3, 0.4) is 0 Å².